The first-order valence-electron chi connectivity index (χ1n) is 5.52. The van der Waals surface area contributed by atoms with E-state index in [2.05, 4.69) is 0 Å². The van der Waals surface area contributed by atoms with Gasteiger partial charge in [-0.15, -0.1) is 11.8 Å². The van der Waals surface area contributed by atoms with E-state index in [0.717, 1.165) is 16.7 Å². The van der Waals surface area contributed by atoms with E-state index >= 15 is 0 Å². The van der Waals surface area contributed by atoms with Crippen molar-refractivity contribution < 1.29 is 23.1 Å². The number of carbonyl (C=O) groups excluding carboxylic acids is 1. The van der Waals surface area contributed by atoms with Gasteiger partial charge in [-0.2, -0.15) is 5.26 Å². The molecule has 0 aromatic rings. The topological polar surface area (TPSA) is 116 Å². The molecule has 0 aromatic carbocycles. The van der Waals surface area contributed by atoms with E-state index in [4.69, 9.17) is 10.4 Å². The molecule has 9 heteroatoms. The van der Waals surface area contributed by atoms with Crippen molar-refractivity contribution in [3.8, 4) is 6.07 Å². The lowest BCUT2D eigenvalue weighted by molar-refractivity contribution is -0.144. The second-order valence-electron chi connectivity index (χ2n) is 4.12. The monoisotopic (exact) mass is 306 g/mol. The van der Waals surface area contributed by atoms with Crippen LogP contribution in [0.15, 0.2) is 0 Å². The average molecular weight is 306 g/mol. The average Bonchev–Trinajstić information content (AvgIpc) is 2.66. The molecule has 0 aliphatic carbocycles. The van der Waals surface area contributed by atoms with E-state index < -0.39 is 34.3 Å². The van der Waals surface area contributed by atoms with Crippen molar-refractivity contribution in [2.24, 2.45) is 0 Å². The van der Waals surface area contributed by atoms with Gasteiger partial charge in [0.1, 0.15) is 6.54 Å². The van der Waals surface area contributed by atoms with Crippen molar-refractivity contribution in [1.82, 2.24) is 4.90 Å². The van der Waals surface area contributed by atoms with E-state index in [1.807, 2.05) is 6.07 Å². The second kappa shape index (κ2) is 6.77. The van der Waals surface area contributed by atoms with Gasteiger partial charge in [0.15, 0.2) is 9.84 Å². The first-order chi connectivity index (χ1) is 8.85. The molecule has 106 valence electrons. The normalized spacial score (nSPS) is 20.7. The molecule has 1 aliphatic heterocycles. The fourth-order valence-corrected chi connectivity index (χ4v) is 4.12. The number of carboxylic acid groups (broad SMARTS) is 1. The standard InChI is InChI=1S/C10H14N2O5S2/c11-2-3-18-6-9(13)12(5-10(14)15)8-1-4-19(16,17)7-8/h8H,1,3-7H2,(H,14,15). The maximum Gasteiger partial charge on any atom is 0.323 e. The molecule has 0 saturated carbocycles. The number of nitrogens with zero attached hydrogens (tertiary/aromatic N) is 2. The van der Waals surface area contributed by atoms with Gasteiger partial charge in [-0.25, -0.2) is 8.42 Å². The summed E-state index contributed by atoms with van der Waals surface area (Å²) in [4.78, 5) is 23.7. The van der Waals surface area contributed by atoms with Crippen LogP contribution < -0.4 is 0 Å². The SMILES string of the molecule is N#CCSCC(=O)N(CC(=O)O)C1CCS(=O)(=O)C1. The minimum atomic E-state index is -3.18. The summed E-state index contributed by atoms with van der Waals surface area (Å²) < 4.78 is 22.8. The van der Waals surface area contributed by atoms with Gasteiger partial charge in [-0.3, -0.25) is 9.59 Å². The molecule has 7 nitrogen and oxygen atoms in total. The van der Waals surface area contributed by atoms with Crippen molar-refractivity contribution in [2.45, 2.75) is 12.5 Å². The van der Waals surface area contributed by atoms with Gasteiger partial charge in [0.05, 0.1) is 29.1 Å². The number of sulfone groups is 1. The number of carboxylic acids is 1. The van der Waals surface area contributed by atoms with Crippen LogP contribution in [-0.4, -0.2) is 65.9 Å². The highest BCUT2D eigenvalue weighted by Gasteiger charge is 2.35. The molecule has 1 aliphatic rings. The van der Waals surface area contributed by atoms with Crippen LogP contribution in [0.5, 0.6) is 0 Å². The van der Waals surface area contributed by atoms with Crippen LogP contribution in [0.3, 0.4) is 0 Å². The van der Waals surface area contributed by atoms with Gasteiger partial charge < -0.3 is 10.0 Å². The van der Waals surface area contributed by atoms with Gasteiger partial charge in [0, 0.05) is 6.04 Å². The van der Waals surface area contributed by atoms with Gasteiger partial charge >= 0.3 is 5.97 Å². The van der Waals surface area contributed by atoms with Gasteiger partial charge in [-0.1, -0.05) is 0 Å². The summed E-state index contributed by atoms with van der Waals surface area (Å²) >= 11 is 1.08. The Bertz CT molecular complexity index is 497. The molecule has 0 bridgehead atoms. The van der Waals surface area contributed by atoms with Crippen molar-refractivity contribution in [3.05, 3.63) is 0 Å². The first kappa shape index (κ1) is 15.8. The van der Waals surface area contributed by atoms with Crippen molar-refractivity contribution in [1.29, 1.82) is 5.26 Å². The van der Waals surface area contributed by atoms with Crippen molar-refractivity contribution in [3.63, 3.8) is 0 Å². The fraction of sp³-hybridized carbons (Fsp3) is 0.700. The highest BCUT2D eigenvalue weighted by atomic mass is 32.2. The summed E-state index contributed by atoms with van der Waals surface area (Å²) in [5.74, 6) is -1.71. The molecule has 0 aromatic heterocycles. The molecule has 1 saturated heterocycles. The summed E-state index contributed by atoms with van der Waals surface area (Å²) in [6.07, 6.45) is 0.268. The molecule has 1 atom stereocenters. The van der Waals surface area contributed by atoms with E-state index in [1.54, 1.807) is 0 Å². The number of aliphatic carboxylic acids is 1. The molecule has 1 unspecified atom stereocenters. The Labute approximate surface area is 115 Å². The van der Waals surface area contributed by atoms with Crippen LogP contribution in [0.2, 0.25) is 0 Å². The van der Waals surface area contributed by atoms with Crippen LogP contribution in [0.1, 0.15) is 6.42 Å². The van der Waals surface area contributed by atoms with Gasteiger partial charge in [-0.05, 0) is 6.42 Å². The number of thioether (sulfide) groups is 1. The molecule has 0 radical (unpaired) electrons. The highest BCUT2D eigenvalue weighted by molar-refractivity contribution is 8.00. The lowest BCUT2D eigenvalue weighted by Gasteiger charge is -2.26. The first-order valence-corrected chi connectivity index (χ1v) is 8.49. The Kier molecular flexibility index (Phi) is 5.62. The van der Waals surface area contributed by atoms with Crippen molar-refractivity contribution >= 4 is 33.5 Å². The molecule has 1 fully saturated rings. The molecular weight excluding hydrogens is 292 g/mol. The van der Waals surface area contributed by atoms with Gasteiger partial charge in [0.25, 0.3) is 0 Å². The lowest BCUT2D eigenvalue weighted by Crippen LogP contribution is -2.45. The molecule has 19 heavy (non-hydrogen) atoms. The Balaban J connectivity index is 2.69. The van der Waals surface area contributed by atoms with Crippen LogP contribution in [0.25, 0.3) is 0 Å². The largest absolute Gasteiger partial charge is 0.480 e. The van der Waals surface area contributed by atoms with E-state index in [1.165, 1.54) is 0 Å². The molecule has 1 N–H and O–H groups in total. The number of carbonyl (C=O) groups is 2. The molecule has 1 rings (SSSR count). The Hall–Kier alpha value is -1.27. The summed E-state index contributed by atoms with van der Waals surface area (Å²) in [5.41, 5.74) is 0. The number of amides is 1. The van der Waals surface area contributed by atoms with Crippen LogP contribution in [0, 0.1) is 11.3 Å². The predicted octanol–water partition coefficient (Wildman–Crippen LogP) is -0.657. The molecular formula is C10H14N2O5S2. The highest BCUT2D eigenvalue weighted by Crippen LogP contribution is 2.18. The number of hydrogen-bond donors (Lipinski definition) is 1. The third-order valence-electron chi connectivity index (χ3n) is 2.67. The third-order valence-corrected chi connectivity index (χ3v) is 5.20. The zero-order chi connectivity index (χ0) is 14.5. The molecule has 0 spiro atoms. The maximum absolute atomic E-state index is 11.9. The number of nitriles is 1. The summed E-state index contributed by atoms with van der Waals surface area (Å²) in [6, 6.07) is 1.29. The summed E-state index contributed by atoms with van der Waals surface area (Å²) in [6.45, 7) is -0.508. The molecule has 1 amide bonds. The minimum absolute atomic E-state index is 0.0165. The van der Waals surface area contributed by atoms with Gasteiger partial charge in [0.2, 0.25) is 5.91 Å². The Morgan fingerprint density at radius 3 is 2.63 bits per heavy atom. The Morgan fingerprint density at radius 1 is 1.47 bits per heavy atom. The van der Waals surface area contributed by atoms with E-state index in [-0.39, 0.29) is 29.4 Å². The van der Waals surface area contributed by atoms with E-state index in [9.17, 15) is 18.0 Å². The summed E-state index contributed by atoms with van der Waals surface area (Å²) in [5, 5.41) is 17.2. The predicted molar refractivity (Wildman–Crippen MR) is 69.3 cm³/mol. The van der Waals surface area contributed by atoms with Crippen LogP contribution >= 0.6 is 11.8 Å². The zero-order valence-corrected chi connectivity index (χ0v) is 11.7. The number of rotatable bonds is 6. The minimum Gasteiger partial charge on any atom is -0.480 e. The second-order valence-corrected chi connectivity index (χ2v) is 7.34. The zero-order valence-electron chi connectivity index (χ0n) is 10.1. The number of hydrogen-bond acceptors (Lipinski definition) is 6. The third kappa shape index (κ3) is 5.08. The smallest absolute Gasteiger partial charge is 0.323 e. The van der Waals surface area contributed by atoms with Crippen LogP contribution in [0.4, 0.5) is 0 Å². The molecule has 1 heterocycles. The quantitative estimate of drug-likeness (QED) is 0.648. The summed E-state index contributed by atoms with van der Waals surface area (Å²) in [7, 11) is -3.18. The Morgan fingerprint density at radius 2 is 2.16 bits per heavy atom. The lowest BCUT2D eigenvalue weighted by atomic mass is 10.2. The maximum atomic E-state index is 11.9. The van der Waals surface area contributed by atoms with E-state index in [0.29, 0.717) is 0 Å². The van der Waals surface area contributed by atoms with Crippen molar-refractivity contribution in [2.75, 3.05) is 29.6 Å². The van der Waals surface area contributed by atoms with Crippen LogP contribution in [-0.2, 0) is 19.4 Å². The fourth-order valence-electron chi connectivity index (χ4n) is 1.85.